The van der Waals surface area contributed by atoms with E-state index in [1.807, 2.05) is 0 Å². The Balaban J connectivity index is 2.69. The number of hydrogen-bond donors (Lipinski definition) is 8. The van der Waals surface area contributed by atoms with E-state index >= 15 is 0 Å². The second-order valence-electron chi connectivity index (χ2n) is 7.34. The average Bonchev–Trinajstić information content (AvgIpc) is 3.25. The van der Waals surface area contributed by atoms with Crippen LogP contribution in [0.15, 0.2) is 4.99 Å². The van der Waals surface area contributed by atoms with Gasteiger partial charge in [-0.2, -0.15) is 0 Å². The first-order valence-corrected chi connectivity index (χ1v) is 10.3. The highest BCUT2D eigenvalue weighted by Crippen LogP contribution is 2.05. The van der Waals surface area contributed by atoms with Gasteiger partial charge in [-0.1, -0.05) is 0 Å². The number of hydrogen-bond acceptors (Lipinski definition) is 7. The first kappa shape index (κ1) is 26.6. The van der Waals surface area contributed by atoms with Crippen molar-refractivity contribution in [1.29, 1.82) is 0 Å². The number of nitrogens with two attached hydrogens (primary N) is 3. The van der Waals surface area contributed by atoms with Gasteiger partial charge in [-0.05, 0) is 38.6 Å². The molecule has 1 aliphatic heterocycles. The molecule has 14 heteroatoms. The van der Waals surface area contributed by atoms with Crippen molar-refractivity contribution in [3.8, 4) is 0 Å². The third-order valence-corrected chi connectivity index (χ3v) is 4.69. The number of aliphatic imine (C=N–C) groups is 1. The molecule has 0 aromatic carbocycles. The monoisotopic (exact) mass is 456 g/mol. The van der Waals surface area contributed by atoms with E-state index in [2.05, 4.69) is 26.3 Å². The lowest BCUT2D eigenvalue weighted by Gasteiger charge is -2.21. The van der Waals surface area contributed by atoms with Gasteiger partial charge in [0.05, 0.1) is 12.6 Å². The maximum Gasteiger partial charge on any atom is 0.326 e. The summed E-state index contributed by atoms with van der Waals surface area (Å²) in [6.07, 6.45) is 1.52. The Bertz CT molecular complexity index is 718. The van der Waals surface area contributed by atoms with Crippen molar-refractivity contribution in [2.75, 3.05) is 19.6 Å². The molecule has 0 aliphatic carbocycles. The molecule has 1 aliphatic rings. The summed E-state index contributed by atoms with van der Waals surface area (Å²) < 4.78 is 0. The summed E-state index contributed by atoms with van der Waals surface area (Å²) in [5.41, 5.74) is 15.5. The molecule has 0 radical (unpaired) electrons. The first-order chi connectivity index (χ1) is 15.1. The normalized spacial score (nSPS) is 16.9. The zero-order chi connectivity index (χ0) is 24.1. The second kappa shape index (κ2) is 13.8. The molecular formula is C18H32N8O6. The topological polar surface area (TPSA) is 244 Å². The lowest BCUT2D eigenvalue weighted by molar-refractivity contribution is -0.142. The highest BCUT2D eigenvalue weighted by atomic mass is 16.4. The molecule has 0 bridgehead atoms. The number of carbonyl (C=O) groups is 5. The Morgan fingerprint density at radius 3 is 2.34 bits per heavy atom. The van der Waals surface area contributed by atoms with Crippen molar-refractivity contribution in [3.05, 3.63) is 0 Å². The molecule has 1 saturated heterocycles. The summed E-state index contributed by atoms with van der Waals surface area (Å²) in [4.78, 5) is 63.0. The van der Waals surface area contributed by atoms with Gasteiger partial charge in [0, 0.05) is 13.0 Å². The SMILES string of the molecule is NC(=O)CCC(NC(=O)C(CCCN=C(N)N)NC(=O)CNC(=O)C1CCCN1)C(=O)O. The molecule has 0 saturated carbocycles. The molecule has 14 nitrogen and oxygen atoms in total. The van der Waals surface area contributed by atoms with Crippen molar-refractivity contribution in [1.82, 2.24) is 21.3 Å². The van der Waals surface area contributed by atoms with Crippen LogP contribution in [0, 0.1) is 0 Å². The van der Waals surface area contributed by atoms with Crippen LogP contribution in [0.3, 0.4) is 0 Å². The number of amides is 4. The molecule has 0 aromatic heterocycles. The van der Waals surface area contributed by atoms with Gasteiger partial charge >= 0.3 is 5.97 Å². The van der Waals surface area contributed by atoms with Gasteiger partial charge in [0.25, 0.3) is 0 Å². The van der Waals surface area contributed by atoms with Crippen LogP contribution in [-0.2, 0) is 24.0 Å². The maximum atomic E-state index is 12.6. The molecule has 1 fully saturated rings. The van der Waals surface area contributed by atoms with Crippen molar-refractivity contribution in [2.45, 2.75) is 56.7 Å². The van der Waals surface area contributed by atoms with Crippen molar-refractivity contribution in [3.63, 3.8) is 0 Å². The molecule has 32 heavy (non-hydrogen) atoms. The zero-order valence-corrected chi connectivity index (χ0v) is 17.8. The van der Waals surface area contributed by atoms with Gasteiger partial charge in [0.15, 0.2) is 5.96 Å². The van der Waals surface area contributed by atoms with Gasteiger partial charge in [0.1, 0.15) is 12.1 Å². The van der Waals surface area contributed by atoms with E-state index in [9.17, 15) is 29.1 Å². The Morgan fingerprint density at radius 1 is 1.06 bits per heavy atom. The molecule has 4 amide bonds. The van der Waals surface area contributed by atoms with Crippen LogP contribution in [0.5, 0.6) is 0 Å². The quantitative estimate of drug-likeness (QED) is 0.0725. The van der Waals surface area contributed by atoms with E-state index in [0.717, 1.165) is 13.0 Å². The van der Waals surface area contributed by atoms with Crippen molar-refractivity contribution < 1.29 is 29.1 Å². The number of nitrogens with one attached hydrogen (secondary N) is 4. The number of carboxylic acids is 1. The van der Waals surface area contributed by atoms with E-state index in [0.29, 0.717) is 12.8 Å². The summed E-state index contributed by atoms with van der Waals surface area (Å²) in [7, 11) is 0. The fraction of sp³-hybridized carbons (Fsp3) is 0.667. The Labute approximate surface area is 185 Å². The fourth-order valence-electron chi connectivity index (χ4n) is 3.03. The lowest BCUT2D eigenvalue weighted by Crippen LogP contribution is -2.53. The van der Waals surface area contributed by atoms with Gasteiger partial charge < -0.3 is 43.6 Å². The van der Waals surface area contributed by atoms with Gasteiger partial charge in [-0.25, -0.2) is 4.79 Å². The molecule has 180 valence electrons. The molecule has 3 atom stereocenters. The summed E-state index contributed by atoms with van der Waals surface area (Å²) in [6, 6.07) is -2.82. The predicted octanol–water partition coefficient (Wildman–Crippen LogP) is -3.77. The highest BCUT2D eigenvalue weighted by Gasteiger charge is 2.27. The highest BCUT2D eigenvalue weighted by molar-refractivity contribution is 5.92. The first-order valence-electron chi connectivity index (χ1n) is 10.3. The summed E-state index contributed by atoms with van der Waals surface area (Å²) in [5.74, 6) is -3.88. The summed E-state index contributed by atoms with van der Waals surface area (Å²) in [5, 5.41) is 19.5. The number of aliphatic carboxylic acids is 1. The number of carboxylic acid groups (broad SMARTS) is 1. The number of primary amides is 1. The minimum absolute atomic E-state index is 0.106. The van der Waals surface area contributed by atoms with E-state index in [1.165, 1.54) is 0 Å². The third kappa shape index (κ3) is 10.6. The predicted molar refractivity (Wildman–Crippen MR) is 114 cm³/mol. The molecule has 3 unspecified atom stereocenters. The smallest absolute Gasteiger partial charge is 0.326 e. The molecule has 1 rings (SSSR count). The minimum atomic E-state index is -1.36. The molecule has 0 spiro atoms. The van der Waals surface area contributed by atoms with Gasteiger partial charge in [-0.3, -0.25) is 24.2 Å². The van der Waals surface area contributed by atoms with E-state index in [1.54, 1.807) is 0 Å². The van der Waals surface area contributed by atoms with Crippen LogP contribution >= 0.6 is 0 Å². The Kier molecular flexibility index (Phi) is 11.5. The zero-order valence-electron chi connectivity index (χ0n) is 17.8. The van der Waals surface area contributed by atoms with Crippen LogP contribution in [-0.4, -0.2) is 78.4 Å². The Morgan fingerprint density at radius 2 is 1.78 bits per heavy atom. The van der Waals surface area contributed by atoms with Crippen LogP contribution in [0.2, 0.25) is 0 Å². The lowest BCUT2D eigenvalue weighted by atomic mass is 10.1. The number of nitrogens with zero attached hydrogens (tertiary/aromatic N) is 1. The van der Waals surface area contributed by atoms with Crippen LogP contribution in [0.4, 0.5) is 0 Å². The minimum Gasteiger partial charge on any atom is -0.480 e. The van der Waals surface area contributed by atoms with Gasteiger partial charge in [-0.15, -0.1) is 0 Å². The third-order valence-electron chi connectivity index (χ3n) is 4.69. The van der Waals surface area contributed by atoms with E-state index in [4.69, 9.17) is 17.2 Å². The van der Waals surface area contributed by atoms with Crippen LogP contribution in [0.25, 0.3) is 0 Å². The largest absolute Gasteiger partial charge is 0.480 e. The van der Waals surface area contributed by atoms with Gasteiger partial charge in [0.2, 0.25) is 23.6 Å². The molecule has 11 N–H and O–H groups in total. The number of guanidine groups is 1. The van der Waals surface area contributed by atoms with E-state index < -0.39 is 35.8 Å². The molecular weight excluding hydrogens is 424 g/mol. The second-order valence-corrected chi connectivity index (χ2v) is 7.34. The number of rotatable bonds is 14. The van der Waals surface area contributed by atoms with Crippen molar-refractivity contribution in [2.24, 2.45) is 22.2 Å². The fourth-order valence-corrected chi connectivity index (χ4v) is 3.03. The number of carbonyl (C=O) groups excluding carboxylic acids is 4. The molecule has 0 aromatic rings. The van der Waals surface area contributed by atoms with Crippen LogP contribution in [0.1, 0.15) is 38.5 Å². The van der Waals surface area contributed by atoms with Crippen LogP contribution < -0.4 is 38.5 Å². The Hall–Kier alpha value is -3.42. The summed E-state index contributed by atoms with van der Waals surface area (Å²) >= 11 is 0. The standard InChI is InChI=1S/C18H32N8O6/c19-13(27)6-5-12(17(31)32)26-16(30)11(4-2-8-23-18(20)21)25-14(28)9-24-15(29)10-3-1-7-22-10/h10-12,22H,1-9H2,(H2,19,27)(H,24,29)(H,25,28)(H,26,30)(H,31,32)(H4,20,21,23). The van der Waals surface area contributed by atoms with Crippen molar-refractivity contribution >= 4 is 35.6 Å². The molecule has 1 heterocycles. The van der Waals surface area contributed by atoms with E-state index in [-0.39, 0.29) is 50.3 Å². The summed E-state index contributed by atoms with van der Waals surface area (Å²) in [6.45, 7) is 0.567. The maximum absolute atomic E-state index is 12.6. The average molecular weight is 457 g/mol.